The third-order valence-corrected chi connectivity index (χ3v) is 4.19. The third-order valence-electron chi connectivity index (χ3n) is 4.19. The Bertz CT molecular complexity index is 875. The Hall–Kier alpha value is -2.55. The first-order valence-electron chi connectivity index (χ1n) is 7.34. The highest BCUT2D eigenvalue weighted by molar-refractivity contribution is 6.03. The van der Waals surface area contributed by atoms with Crippen molar-refractivity contribution in [2.45, 2.75) is 27.3 Å². The van der Waals surface area contributed by atoms with Gasteiger partial charge < -0.3 is 9.67 Å². The molecule has 3 aromatic rings. The summed E-state index contributed by atoms with van der Waals surface area (Å²) in [5.41, 5.74) is 6.09. The van der Waals surface area contributed by atoms with Crippen LogP contribution in [0.3, 0.4) is 0 Å². The van der Waals surface area contributed by atoms with E-state index in [9.17, 15) is 9.90 Å². The van der Waals surface area contributed by atoms with Crippen LogP contribution in [-0.4, -0.2) is 15.6 Å². The van der Waals surface area contributed by atoms with Crippen molar-refractivity contribution in [2.75, 3.05) is 0 Å². The van der Waals surface area contributed by atoms with Gasteiger partial charge in [-0.3, -0.25) is 0 Å². The number of aromatic nitrogens is 1. The summed E-state index contributed by atoms with van der Waals surface area (Å²) < 4.78 is 2.02. The zero-order chi connectivity index (χ0) is 15.9. The van der Waals surface area contributed by atoms with Crippen molar-refractivity contribution >= 4 is 16.9 Å². The minimum atomic E-state index is -0.880. The molecule has 0 spiro atoms. The summed E-state index contributed by atoms with van der Waals surface area (Å²) in [6, 6.07) is 12.3. The minimum absolute atomic E-state index is 0.363. The summed E-state index contributed by atoms with van der Waals surface area (Å²) in [4.78, 5) is 11.5. The van der Waals surface area contributed by atoms with E-state index in [1.807, 2.05) is 29.7 Å². The van der Waals surface area contributed by atoms with E-state index in [2.05, 4.69) is 32.0 Å². The van der Waals surface area contributed by atoms with Crippen molar-refractivity contribution in [3.8, 4) is 0 Å². The Morgan fingerprint density at radius 3 is 2.50 bits per heavy atom. The van der Waals surface area contributed by atoms with Gasteiger partial charge in [0, 0.05) is 23.6 Å². The molecule has 3 heteroatoms. The van der Waals surface area contributed by atoms with Crippen LogP contribution >= 0.6 is 0 Å². The minimum Gasteiger partial charge on any atom is -0.478 e. The fourth-order valence-electron chi connectivity index (χ4n) is 2.81. The maximum atomic E-state index is 11.5. The number of carboxylic acids is 1. The first kappa shape index (κ1) is 14.4. The van der Waals surface area contributed by atoms with E-state index in [-0.39, 0.29) is 0 Å². The lowest BCUT2D eigenvalue weighted by Crippen LogP contribution is -1.99. The van der Waals surface area contributed by atoms with Gasteiger partial charge in [-0.15, -0.1) is 0 Å². The van der Waals surface area contributed by atoms with Gasteiger partial charge in [0.1, 0.15) is 0 Å². The van der Waals surface area contributed by atoms with Crippen molar-refractivity contribution < 1.29 is 9.90 Å². The molecular formula is C19H19NO2. The number of carboxylic acid groups (broad SMARTS) is 1. The van der Waals surface area contributed by atoms with Crippen LogP contribution in [0.5, 0.6) is 0 Å². The molecule has 1 aromatic heterocycles. The molecule has 22 heavy (non-hydrogen) atoms. The first-order chi connectivity index (χ1) is 10.5. The second kappa shape index (κ2) is 5.34. The summed E-state index contributed by atoms with van der Waals surface area (Å²) in [7, 11) is 0. The molecule has 0 saturated carbocycles. The Morgan fingerprint density at radius 1 is 1.05 bits per heavy atom. The summed E-state index contributed by atoms with van der Waals surface area (Å²) in [6.45, 7) is 6.84. The van der Waals surface area contributed by atoms with Gasteiger partial charge in [0.2, 0.25) is 0 Å². The maximum absolute atomic E-state index is 11.5. The van der Waals surface area contributed by atoms with Gasteiger partial charge >= 0.3 is 5.97 Å². The van der Waals surface area contributed by atoms with Crippen molar-refractivity contribution in [1.82, 2.24) is 4.57 Å². The van der Waals surface area contributed by atoms with Gasteiger partial charge in [-0.25, -0.2) is 4.79 Å². The molecule has 3 rings (SSSR count). The molecule has 0 amide bonds. The quantitative estimate of drug-likeness (QED) is 0.781. The van der Waals surface area contributed by atoms with Crippen molar-refractivity contribution in [2.24, 2.45) is 0 Å². The van der Waals surface area contributed by atoms with Crippen LogP contribution in [0.1, 0.15) is 32.6 Å². The topological polar surface area (TPSA) is 42.2 Å². The lowest BCUT2D eigenvalue weighted by molar-refractivity contribution is 0.0699. The van der Waals surface area contributed by atoms with Crippen LogP contribution in [-0.2, 0) is 6.54 Å². The van der Waals surface area contributed by atoms with Crippen LogP contribution in [0.2, 0.25) is 0 Å². The van der Waals surface area contributed by atoms with Gasteiger partial charge in [0.05, 0.1) is 5.56 Å². The predicted octanol–water partition coefficient (Wildman–Crippen LogP) is 4.31. The summed E-state index contributed by atoms with van der Waals surface area (Å²) in [5.74, 6) is -0.880. The molecule has 0 unspecified atom stereocenters. The van der Waals surface area contributed by atoms with Crippen LogP contribution in [0, 0.1) is 20.8 Å². The number of fused-ring (bicyclic) bond motifs is 1. The molecule has 0 fully saturated rings. The second-order valence-corrected chi connectivity index (χ2v) is 5.92. The van der Waals surface area contributed by atoms with Gasteiger partial charge in [0.25, 0.3) is 0 Å². The number of nitrogens with zero attached hydrogens (tertiary/aromatic N) is 1. The third kappa shape index (κ3) is 2.50. The molecule has 1 heterocycles. The highest BCUT2D eigenvalue weighted by Crippen LogP contribution is 2.24. The monoisotopic (exact) mass is 293 g/mol. The summed E-state index contributed by atoms with van der Waals surface area (Å²) in [5, 5.41) is 10.2. The largest absolute Gasteiger partial charge is 0.478 e. The average Bonchev–Trinajstić information content (AvgIpc) is 2.81. The molecule has 0 bridgehead atoms. The second-order valence-electron chi connectivity index (χ2n) is 5.92. The predicted molar refractivity (Wildman–Crippen MR) is 88.7 cm³/mol. The van der Waals surface area contributed by atoms with E-state index in [0.29, 0.717) is 12.1 Å². The summed E-state index contributed by atoms with van der Waals surface area (Å²) >= 11 is 0. The number of rotatable bonds is 3. The highest BCUT2D eigenvalue weighted by Gasteiger charge is 2.14. The maximum Gasteiger partial charge on any atom is 0.337 e. The molecular weight excluding hydrogens is 274 g/mol. The van der Waals surface area contributed by atoms with Crippen LogP contribution < -0.4 is 0 Å². The van der Waals surface area contributed by atoms with E-state index >= 15 is 0 Å². The number of hydrogen-bond acceptors (Lipinski definition) is 1. The first-order valence-corrected chi connectivity index (χ1v) is 7.34. The fraction of sp³-hybridized carbons (Fsp3) is 0.211. The van der Waals surface area contributed by atoms with E-state index in [1.165, 1.54) is 16.7 Å². The lowest BCUT2D eigenvalue weighted by Gasteiger charge is -2.08. The molecule has 3 nitrogen and oxygen atoms in total. The van der Waals surface area contributed by atoms with E-state index in [4.69, 9.17) is 0 Å². The number of aromatic carboxylic acids is 1. The number of aryl methyl sites for hydroxylation is 3. The zero-order valence-corrected chi connectivity index (χ0v) is 13.1. The zero-order valence-electron chi connectivity index (χ0n) is 13.1. The standard InChI is InChI=1S/C19H19NO2/c1-12-4-7-18-16(8-12)17(19(21)22)11-20(18)10-15-6-5-13(2)14(3)9-15/h4-9,11H,10H2,1-3H3,(H,21,22). The van der Waals surface area contributed by atoms with Gasteiger partial charge in [-0.1, -0.05) is 29.8 Å². The SMILES string of the molecule is Cc1ccc2c(c1)c(C(=O)O)cn2Cc1ccc(C)c(C)c1. The Kier molecular flexibility index (Phi) is 3.49. The molecule has 0 aliphatic carbocycles. The van der Waals surface area contributed by atoms with Gasteiger partial charge in [-0.05, 0) is 49.6 Å². The van der Waals surface area contributed by atoms with E-state index in [1.54, 1.807) is 6.20 Å². The molecule has 0 radical (unpaired) electrons. The smallest absolute Gasteiger partial charge is 0.337 e. The molecule has 0 aliphatic rings. The molecule has 0 atom stereocenters. The number of benzene rings is 2. The number of carbonyl (C=O) groups is 1. The van der Waals surface area contributed by atoms with E-state index in [0.717, 1.165) is 16.5 Å². The highest BCUT2D eigenvalue weighted by atomic mass is 16.4. The Labute approximate surface area is 129 Å². The van der Waals surface area contributed by atoms with E-state index < -0.39 is 5.97 Å². The fourth-order valence-corrected chi connectivity index (χ4v) is 2.81. The molecule has 112 valence electrons. The molecule has 0 aliphatic heterocycles. The van der Waals surface area contributed by atoms with Gasteiger partial charge in [-0.2, -0.15) is 0 Å². The number of hydrogen-bond donors (Lipinski definition) is 1. The Morgan fingerprint density at radius 2 is 1.82 bits per heavy atom. The molecule has 1 N–H and O–H groups in total. The van der Waals surface area contributed by atoms with Gasteiger partial charge in [0.15, 0.2) is 0 Å². The summed E-state index contributed by atoms with van der Waals surface area (Å²) in [6.07, 6.45) is 1.74. The van der Waals surface area contributed by atoms with Crippen molar-refractivity contribution in [3.63, 3.8) is 0 Å². The van der Waals surface area contributed by atoms with Crippen LogP contribution in [0.4, 0.5) is 0 Å². The molecule has 2 aromatic carbocycles. The Balaban J connectivity index is 2.10. The average molecular weight is 293 g/mol. The van der Waals surface area contributed by atoms with Crippen molar-refractivity contribution in [1.29, 1.82) is 0 Å². The normalized spacial score (nSPS) is 11.0. The van der Waals surface area contributed by atoms with Crippen molar-refractivity contribution in [3.05, 3.63) is 70.4 Å². The van der Waals surface area contributed by atoms with Crippen LogP contribution in [0.25, 0.3) is 10.9 Å². The lowest BCUT2D eigenvalue weighted by atomic mass is 10.1. The van der Waals surface area contributed by atoms with Crippen LogP contribution in [0.15, 0.2) is 42.6 Å². The molecule has 0 saturated heterocycles.